The van der Waals surface area contributed by atoms with Crippen LogP contribution in [0.4, 0.5) is 0 Å². The van der Waals surface area contributed by atoms with E-state index < -0.39 is 0 Å². The molecule has 4 heterocycles. The highest BCUT2D eigenvalue weighted by Crippen LogP contribution is 2.33. The van der Waals surface area contributed by atoms with Crippen LogP contribution in [0.5, 0.6) is 11.5 Å². The fraction of sp³-hybridized carbons (Fsp3) is 0.600. The van der Waals surface area contributed by atoms with Gasteiger partial charge in [-0.2, -0.15) is 0 Å². The summed E-state index contributed by atoms with van der Waals surface area (Å²) in [5.41, 5.74) is 1.29. The molecule has 9 nitrogen and oxygen atoms in total. The van der Waals surface area contributed by atoms with Crippen LogP contribution in [0.3, 0.4) is 0 Å². The maximum atomic E-state index is 13.0. The van der Waals surface area contributed by atoms with Gasteiger partial charge < -0.3 is 34.1 Å². The molecule has 1 aromatic heterocycles. The smallest absolute Gasteiger partial charge is 0.253 e. The first kappa shape index (κ1) is 24.3. The standard InChI is InChI=1S/C25H34N4O5S/c30-24-19(13-18-14-22-23(15-21(18)27-24)34-12-11-33-22)17-29(5-2-4-28-6-9-31-10-7-28)25(35)26-16-20-3-1-8-32-20/h13-15,20H,1-12,16-17H2,(H,26,35)(H,27,30)/t20-/m1/s1. The molecule has 3 aliphatic rings. The lowest BCUT2D eigenvalue weighted by molar-refractivity contribution is 0.0367. The number of nitrogens with one attached hydrogen (secondary N) is 2. The first-order chi connectivity index (χ1) is 17.2. The van der Waals surface area contributed by atoms with E-state index in [2.05, 4.69) is 20.1 Å². The Bertz CT molecular complexity index is 1080. The van der Waals surface area contributed by atoms with Crippen molar-refractivity contribution in [3.8, 4) is 11.5 Å². The van der Waals surface area contributed by atoms with E-state index in [4.69, 9.17) is 31.2 Å². The van der Waals surface area contributed by atoms with Crippen LogP contribution in [0, 0.1) is 0 Å². The Morgan fingerprint density at radius 2 is 1.91 bits per heavy atom. The molecule has 190 valence electrons. The number of fused-ring (bicyclic) bond motifs is 2. The zero-order valence-electron chi connectivity index (χ0n) is 20.1. The molecule has 0 aliphatic carbocycles. The predicted octanol–water partition coefficient (Wildman–Crippen LogP) is 1.88. The van der Waals surface area contributed by atoms with Crippen molar-refractivity contribution < 1.29 is 18.9 Å². The predicted molar refractivity (Wildman–Crippen MR) is 137 cm³/mol. The van der Waals surface area contributed by atoms with E-state index in [1.165, 1.54) is 0 Å². The quantitative estimate of drug-likeness (QED) is 0.525. The van der Waals surface area contributed by atoms with E-state index in [0.29, 0.717) is 48.5 Å². The molecule has 1 atom stereocenters. The number of thiocarbonyl (C=S) groups is 1. The SMILES string of the molecule is O=c1[nH]c2cc3c(cc2cc1CN(CCCN1CCOCC1)C(=S)NC[C@H]1CCCO1)OCCO3. The van der Waals surface area contributed by atoms with Crippen LogP contribution >= 0.6 is 12.2 Å². The molecular formula is C25H34N4O5S. The minimum absolute atomic E-state index is 0.116. The molecule has 3 aliphatic heterocycles. The van der Waals surface area contributed by atoms with E-state index in [-0.39, 0.29) is 11.7 Å². The van der Waals surface area contributed by atoms with Crippen LogP contribution in [-0.2, 0) is 16.0 Å². The van der Waals surface area contributed by atoms with Crippen molar-refractivity contribution in [1.82, 2.24) is 20.1 Å². The second-order valence-electron chi connectivity index (χ2n) is 9.26. The Kier molecular flexibility index (Phi) is 8.02. The number of rotatable bonds is 8. The topological polar surface area (TPSA) is 88.3 Å². The summed E-state index contributed by atoms with van der Waals surface area (Å²) in [6.07, 6.45) is 3.28. The lowest BCUT2D eigenvalue weighted by Crippen LogP contribution is -2.44. The normalized spacial score (nSPS) is 20.2. The second kappa shape index (κ2) is 11.6. The lowest BCUT2D eigenvalue weighted by atomic mass is 10.1. The Hall–Kier alpha value is -2.40. The van der Waals surface area contributed by atoms with Gasteiger partial charge in [-0.15, -0.1) is 0 Å². The molecule has 2 saturated heterocycles. The molecule has 35 heavy (non-hydrogen) atoms. The van der Waals surface area contributed by atoms with Gasteiger partial charge in [-0.05, 0) is 43.6 Å². The minimum Gasteiger partial charge on any atom is -0.486 e. The fourth-order valence-corrected chi connectivity index (χ4v) is 5.03. The monoisotopic (exact) mass is 502 g/mol. The third kappa shape index (κ3) is 6.24. The van der Waals surface area contributed by atoms with Gasteiger partial charge in [0.1, 0.15) is 13.2 Å². The van der Waals surface area contributed by atoms with E-state index >= 15 is 0 Å². The number of H-pyrrole nitrogens is 1. The number of pyridine rings is 1. The van der Waals surface area contributed by atoms with Gasteiger partial charge in [0.15, 0.2) is 16.6 Å². The summed E-state index contributed by atoms with van der Waals surface area (Å²) < 4.78 is 22.6. The maximum Gasteiger partial charge on any atom is 0.253 e. The van der Waals surface area contributed by atoms with Gasteiger partial charge in [0, 0.05) is 56.3 Å². The molecule has 0 bridgehead atoms. The highest BCUT2D eigenvalue weighted by molar-refractivity contribution is 7.80. The summed E-state index contributed by atoms with van der Waals surface area (Å²) in [4.78, 5) is 20.5. The molecule has 2 fully saturated rings. The molecule has 0 spiro atoms. The molecule has 5 rings (SSSR count). The van der Waals surface area contributed by atoms with Gasteiger partial charge in [-0.1, -0.05) is 0 Å². The second-order valence-corrected chi connectivity index (χ2v) is 9.64. The van der Waals surface area contributed by atoms with Crippen LogP contribution < -0.4 is 20.3 Å². The maximum absolute atomic E-state index is 13.0. The van der Waals surface area contributed by atoms with Crippen molar-refractivity contribution in [3.63, 3.8) is 0 Å². The summed E-state index contributed by atoms with van der Waals surface area (Å²) in [7, 11) is 0. The molecule has 0 unspecified atom stereocenters. The van der Waals surface area contributed by atoms with Crippen LogP contribution in [0.25, 0.3) is 10.9 Å². The first-order valence-electron chi connectivity index (χ1n) is 12.6. The lowest BCUT2D eigenvalue weighted by Gasteiger charge is -2.30. The van der Waals surface area contributed by atoms with Crippen LogP contribution in [0.1, 0.15) is 24.8 Å². The van der Waals surface area contributed by atoms with Crippen molar-refractivity contribution in [2.75, 3.05) is 65.8 Å². The fourth-order valence-electron chi connectivity index (χ4n) is 4.79. The van der Waals surface area contributed by atoms with Crippen LogP contribution in [0.2, 0.25) is 0 Å². The number of hydrogen-bond donors (Lipinski definition) is 2. The number of hydrogen-bond acceptors (Lipinski definition) is 7. The van der Waals surface area contributed by atoms with Gasteiger partial charge >= 0.3 is 0 Å². The number of aromatic amines is 1. The average molecular weight is 503 g/mol. The molecule has 2 aromatic rings. The highest BCUT2D eigenvalue weighted by Gasteiger charge is 2.20. The third-order valence-corrected chi connectivity index (χ3v) is 7.15. The van der Waals surface area contributed by atoms with Crippen molar-refractivity contribution in [1.29, 1.82) is 0 Å². The summed E-state index contributed by atoms with van der Waals surface area (Å²) >= 11 is 5.78. The minimum atomic E-state index is -0.116. The molecule has 1 aromatic carbocycles. The highest BCUT2D eigenvalue weighted by atomic mass is 32.1. The Morgan fingerprint density at radius 3 is 2.69 bits per heavy atom. The molecule has 0 radical (unpaired) electrons. The van der Waals surface area contributed by atoms with Crippen LogP contribution in [0.15, 0.2) is 23.0 Å². The number of benzene rings is 1. The van der Waals surface area contributed by atoms with Crippen molar-refractivity contribution in [2.45, 2.75) is 31.9 Å². The molecule has 2 N–H and O–H groups in total. The Labute approximate surface area is 210 Å². The summed E-state index contributed by atoms with van der Waals surface area (Å²) in [6, 6.07) is 5.70. The van der Waals surface area contributed by atoms with Crippen molar-refractivity contribution >= 4 is 28.2 Å². The number of aromatic nitrogens is 1. The zero-order valence-corrected chi connectivity index (χ0v) is 20.9. The van der Waals surface area contributed by atoms with Gasteiger partial charge in [-0.3, -0.25) is 9.69 Å². The third-order valence-electron chi connectivity index (χ3n) is 6.74. The molecule has 0 saturated carbocycles. The van der Waals surface area contributed by atoms with Crippen molar-refractivity contribution in [2.24, 2.45) is 0 Å². The number of ether oxygens (including phenoxy) is 4. The van der Waals surface area contributed by atoms with Gasteiger partial charge in [0.25, 0.3) is 5.56 Å². The number of morpholine rings is 1. The van der Waals surface area contributed by atoms with Crippen molar-refractivity contribution in [3.05, 3.63) is 34.1 Å². The summed E-state index contributed by atoms with van der Waals surface area (Å²) in [6.45, 7) is 8.20. The summed E-state index contributed by atoms with van der Waals surface area (Å²) in [5, 5.41) is 4.95. The van der Waals surface area contributed by atoms with E-state index in [1.807, 2.05) is 18.2 Å². The first-order valence-corrected chi connectivity index (χ1v) is 13.0. The molecule has 0 amide bonds. The van der Waals surface area contributed by atoms with E-state index in [0.717, 1.165) is 76.2 Å². The Morgan fingerprint density at radius 1 is 1.11 bits per heavy atom. The largest absolute Gasteiger partial charge is 0.486 e. The van der Waals surface area contributed by atoms with E-state index in [9.17, 15) is 4.79 Å². The molecular weight excluding hydrogens is 468 g/mol. The van der Waals surface area contributed by atoms with Gasteiger partial charge in [0.2, 0.25) is 0 Å². The zero-order chi connectivity index (χ0) is 24.0. The van der Waals surface area contributed by atoms with Crippen LogP contribution in [-0.4, -0.2) is 91.8 Å². The Balaban J connectivity index is 1.30. The van der Waals surface area contributed by atoms with Gasteiger partial charge in [0.05, 0.1) is 31.4 Å². The average Bonchev–Trinajstić information content (AvgIpc) is 3.40. The van der Waals surface area contributed by atoms with Gasteiger partial charge in [-0.25, -0.2) is 0 Å². The molecule has 10 heteroatoms. The van der Waals surface area contributed by atoms with E-state index in [1.54, 1.807) is 0 Å². The number of nitrogens with zero attached hydrogens (tertiary/aromatic N) is 2. The summed E-state index contributed by atoms with van der Waals surface area (Å²) in [5.74, 6) is 1.37.